The lowest BCUT2D eigenvalue weighted by Crippen LogP contribution is -2.24. The number of rotatable bonds is 3. The summed E-state index contributed by atoms with van der Waals surface area (Å²) in [6, 6.07) is 8.49. The van der Waals surface area contributed by atoms with Gasteiger partial charge in [0.1, 0.15) is 0 Å². The highest BCUT2D eigenvalue weighted by atomic mass is 32.2. The van der Waals surface area contributed by atoms with E-state index >= 15 is 0 Å². The topological polar surface area (TPSA) is 76.1 Å². The predicted octanol–water partition coefficient (Wildman–Crippen LogP) is 1.73. The van der Waals surface area contributed by atoms with Crippen molar-refractivity contribution in [3.8, 4) is 0 Å². The molecular formula is C16H16N2O3S. The zero-order chi connectivity index (χ0) is 15.6. The largest absolute Gasteiger partial charge is 0.348 e. The summed E-state index contributed by atoms with van der Waals surface area (Å²) in [7, 11) is -3.18. The van der Waals surface area contributed by atoms with Gasteiger partial charge in [0.15, 0.2) is 9.84 Å². The van der Waals surface area contributed by atoms with E-state index in [1.165, 1.54) is 0 Å². The number of carbonyl (C=O) groups is 1. The molecular weight excluding hydrogens is 300 g/mol. The number of hydrogen-bond acceptors (Lipinski definition) is 4. The van der Waals surface area contributed by atoms with Gasteiger partial charge < -0.3 is 5.32 Å². The van der Waals surface area contributed by atoms with E-state index in [0.29, 0.717) is 29.8 Å². The maximum atomic E-state index is 12.2. The molecule has 3 rings (SSSR count). The monoisotopic (exact) mass is 316 g/mol. The Balaban J connectivity index is 1.77. The fourth-order valence-corrected chi connectivity index (χ4v) is 4.15. The van der Waals surface area contributed by atoms with Crippen LogP contribution in [0.15, 0.2) is 47.6 Å². The number of carbonyl (C=O) groups excluding carboxylic acids is 1. The zero-order valence-electron chi connectivity index (χ0n) is 12.0. The van der Waals surface area contributed by atoms with Crippen LogP contribution in [0.3, 0.4) is 0 Å². The van der Waals surface area contributed by atoms with Gasteiger partial charge in [0.25, 0.3) is 5.91 Å². The van der Waals surface area contributed by atoms with Crippen LogP contribution in [0.5, 0.6) is 0 Å². The van der Waals surface area contributed by atoms with E-state index in [0.717, 1.165) is 11.1 Å². The number of nitrogens with zero attached hydrogens (tertiary/aromatic N) is 1. The van der Waals surface area contributed by atoms with Crippen LogP contribution in [0.4, 0.5) is 0 Å². The van der Waals surface area contributed by atoms with Crippen LogP contribution < -0.4 is 5.32 Å². The van der Waals surface area contributed by atoms with E-state index in [4.69, 9.17) is 0 Å². The number of aryl methyl sites for hydroxylation is 1. The minimum absolute atomic E-state index is 0.187. The number of aromatic nitrogens is 1. The molecule has 0 unspecified atom stereocenters. The zero-order valence-corrected chi connectivity index (χ0v) is 12.8. The Morgan fingerprint density at radius 2 is 2.14 bits per heavy atom. The third-order valence-corrected chi connectivity index (χ3v) is 5.59. The Bertz CT molecular complexity index is 801. The summed E-state index contributed by atoms with van der Waals surface area (Å²) in [5, 5.41) is 2.81. The highest BCUT2D eigenvalue weighted by Gasteiger charge is 2.24. The summed E-state index contributed by atoms with van der Waals surface area (Å²) in [6.45, 7) is 0.391. The summed E-state index contributed by atoms with van der Waals surface area (Å²) < 4.78 is 23.9. The maximum absolute atomic E-state index is 12.2. The lowest BCUT2D eigenvalue weighted by atomic mass is 10.1. The highest BCUT2D eigenvalue weighted by molar-refractivity contribution is 7.91. The molecule has 2 aromatic rings. The van der Waals surface area contributed by atoms with Crippen LogP contribution in [-0.4, -0.2) is 25.1 Å². The van der Waals surface area contributed by atoms with Gasteiger partial charge in [-0.2, -0.15) is 0 Å². The standard InChI is InChI=1S/C16H16N2O3S/c19-16(18-11-12-3-1-7-17-10-12)14-5-6-15-13(9-14)4-2-8-22(15,20)21/h1,3,5-7,9-10H,2,4,8,11H2,(H,18,19). The first-order valence-electron chi connectivity index (χ1n) is 7.09. The summed E-state index contributed by atoms with van der Waals surface area (Å²) in [4.78, 5) is 16.5. The molecule has 1 N–H and O–H groups in total. The van der Waals surface area contributed by atoms with Gasteiger partial charge in [-0.25, -0.2) is 8.42 Å². The van der Waals surface area contributed by atoms with Crippen LogP contribution in [0.1, 0.15) is 27.9 Å². The number of fused-ring (bicyclic) bond motifs is 1. The second kappa shape index (κ2) is 5.88. The molecule has 1 aliphatic heterocycles. The molecule has 1 amide bonds. The maximum Gasteiger partial charge on any atom is 0.251 e. The molecule has 0 fully saturated rings. The number of pyridine rings is 1. The smallest absolute Gasteiger partial charge is 0.251 e. The van der Waals surface area contributed by atoms with Gasteiger partial charge in [0, 0.05) is 24.5 Å². The lowest BCUT2D eigenvalue weighted by molar-refractivity contribution is 0.0950. The van der Waals surface area contributed by atoms with Crippen molar-refractivity contribution in [1.82, 2.24) is 10.3 Å². The highest BCUT2D eigenvalue weighted by Crippen LogP contribution is 2.25. The third-order valence-electron chi connectivity index (χ3n) is 3.69. The number of hydrogen-bond donors (Lipinski definition) is 1. The molecule has 0 aliphatic carbocycles. The Kier molecular flexibility index (Phi) is 3.94. The molecule has 22 heavy (non-hydrogen) atoms. The van der Waals surface area contributed by atoms with Gasteiger partial charge in [-0.05, 0) is 48.2 Å². The molecule has 5 nitrogen and oxygen atoms in total. The summed E-state index contributed by atoms with van der Waals surface area (Å²) in [5.41, 5.74) is 2.14. The first-order chi connectivity index (χ1) is 10.6. The van der Waals surface area contributed by atoms with E-state index in [1.807, 2.05) is 12.1 Å². The van der Waals surface area contributed by atoms with E-state index in [9.17, 15) is 13.2 Å². The number of benzene rings is 1. The molecule has 114 valence electrons. The van der Waals surface area contributed by atoms with Gasteiger partial charge in [-0.1, -0.05) is 6.07 Å². The molecule has 0 saturated carbocycles. The molecule has 1 aliphatic rings. The number of nitrogens with one attached hydrogen (secondary N) is 1. The van der Waals surface area contributed by atoms with Crippen molar-refractivity contribution in [2.75, 3.05) is 5.75 Å². The third kappa shape index (κ3) is 3.01. The first-order valence-corrected chi connectivity index (χ1v) is 8.74. The van der Waals surface area contributed by atoms with Crippen molar-refractivity contribution in [2.45, 2.75) is 24.3 Å². The molecule has 0 bridgehead atoms. The molecule has 2 heterocycles. The number of sulfone groups is 1. The fraction of sp³-hybridized carbons (Fsp3) is 0.250. The van der Waals surface area contributed by atoms with Crippen molar-refractivity contribution in [3.05, 3.63) is 59.4 Å². The molecule has 1 aromatic heterocycles. The fourth-order valence-electron chi connectivity index (χ4n) is 2.57. The Morgan fingerprint density at radius 3 is 2.91 bits per heavy atom. The summed E-state index contributed by atoms with van der Waals surface area (Å²) in [6.07, 6.45) is 4.67. The van der Waals surface area contributed by atoms with Crippen LogP contribution in [0.2, 0.25) is 0 Å². The second-order valence-electron chi connectivity index (χ2n) is 5.29. The van der Waals surface area contributed by atoms with Gasteiger partial charge in [-0.3, -0.25) is 9.78 Å². The molecule has 6 heteroatoms. The van der Waals surface area contributed by atoms with Crippen molar-refractivity contribution in [2.24, 2.45) is 0 Å². The van der Waals surface area contributed by atoms with E-state index in [2.05, 4.69) is 10.3 Å². The lowest BCUT2D eigenvalue weighted by Gasteiger charge is -2.17. The Morgan fingerprint density at radius 1 is 1.27 bits per heavy atom. The van der Waals surface area contributed by atoms with Gasteiger partial charge in [0.2, 0.25) is 0 Å². The number of amides is 1. The molecule has 0 saturated heterocycles. The SMILES string of the molecule is O=C(NCc1cccnc1)c1ccc2c(c1)CCCS2(=O)=O. The van der Waals surface area contributed by atoms with Crippen molar-refractivity contribution in [1.29, 1.82) is 0 Å². The predicted molar refractivity (Wildman–Crippen MR) is 82.2 cm³/mol. The normalized spacial score (nSPS) is 15.8. The van der Waals surface area contributed by atoms with Crippen LogP contribution in [-0.2, 0) is 22.8 Å². The van der Waals surface area contributed by atoms with E-state index in [1.54, 1.807) is 30.6 Å². The minimum Gasteiger partial charge on any atom is -0.348 e. The van der Waals surface area contributed by atoms with Crippen LogP contribution in [0.25, 0.3) is 0 Å². The van der Waals surface area contributed by atoms with E-state index in [-0.39, 0.29) is 11.7 Å². The average molecular weight is 316 g/mol. The second-order valence-corrected chi connectivity index (χ2v) is 7.37. The molecule has 0 radical (unpaired) electrons. The molecule has 0 spiro atoms. The summed E-state index contributed by atoms with van der Waals surface area (Å²) in [5.74, 6) is -0.0263. The quantitative estimate of drug-likeness (QED) is 0.935. The van der Waals surface area contributed by atoms with Crippen LogP contribution >= 0.6 is 0 Å². The molecule has 0 atom stereocenters. The van der Waals surface area contributed by atoms with Crippen molar-refractivity contribution < 1.29 is 13.2 Å². The Labute approximate surface area is 129 Å². The van der Waals surface area contributed by atoms with Gasteiger partial charge in [-0.15, -0.1) is 0 Å². The Hall–Kier alpha value is -2.21. The molecule has 1 aromatic carbocycles. The van der Waals surface area contributed by atoms with Crippen LogP contribution in [0, 0.1) is 0 Å². The minimum atomic E-state index is -3.18. The average Bonchev–Trinajstić information content (AvgIpc) is 2.53. The van der Waals surface area contributed by atoms with Gasteiger partial charge in [0.05, 0.1) is 10.6 Å². The first kappa shape index (κ1) is 14.7. The van der Waals surface area contributed by atoms with E-state index < -0.39 is 9.84 Å². The summed E-state index contributed by atoms with van der Waals surface area (Å²) >= 11 is 0. The van der Waals surface area contributed by atoms with Crippen molar-refractivity contribution >= 4 is 15.7 Å². The van der Waals surface area contributed by atoms with Crippen molar-refractivity contribution in [3.63, 3.8) is 0 Å². The van der Waals surface area contributed by atoms with Gasteiger partial charge >= 0.3 is 0 Å².